The molecule has 2 nitrogen and oxygen atoms in total. The highest BCUT2D eigenvalue weighted by Gasteiger charge is 2.20. The summed E-state index contributed by atoms with van der Waals surface area (Å²) in [7, 11) is 0. The van der Waals surface area contributed by atoms with Gasteiger partial charge in [0.15, 0.2) is 0 Å². The van der Waals surface area contributed by atoms with E-state index in [0.29, 0.717) is 0 Å². The van der Waals surface area contributed by atoms with Crippen molar-refractivity contribution in [1.29, 1.82) is 0 Å². The summed E-state index contributed by atoms with van der Waals surface area (Å²) in [6.07, 6.45) is 0. The van der Waals surface area contributed by atoms with Crippen LogP contribution in [-0.4, -0.2) is 4.57 Å². The fraction of sp³-hybridized carbons (Fsp3) is 0. The number of rotatable bonds is 8. The molecule has 10 aromatic carbocycles. The van der Waals surface area contributed by atoms with E-state index in [1.807, 2.05) is 0 Å². The lowest BCUT2D eigenvalue weighted by Gasteiger charge is -2.27. The van der Waals surface area contributed by atoms with Crippen LogP contribution in [0.15, 0.2) is 243 Å². The number of aromatic nitrogens is 1. The predicted molar refractivity (Wildman–Crippen MR) is 255 cm³/mol. The number of hydrogen-bond donors (Lipinski definition) is 0. The molecule has 0 unspecified atom stereocenters. The third-order valence-electron chi connectivity index (χ3n) is 11.8. The lowest BCUT2D eigenvalue weighted by Crippen LogP contribution is -2.10. The first-order chi connectivity index (χ1) is 29.8. The molecule has 0 bridgehead atoms. The molecule has 0 saturated heterocycles. The van der Waals surface area contributed by atoms with Gasteiger partial charge in [0, 0.05) is 33.4 Å². The molecular weight excluding hydrogens is 725 g/mol. The van der Waals surface area contributed by atoms with E-state index < -0.39 is 0 Å². The first-order valence-corrected chi connectivity index (χ1v) is 20.6. The normalized spacial score (nSPS) is 11.3. The first-order valence-electron chi connectivity index (χ1n) is 20.6. The number of nitrogens with zero attached hydrogens (tertiary/aromatic N) is 2. The summed E-state index contributed by atoms with van der Waals surface area (Å²) in [5, 5.41) is 4.90. The fourth-order valence-electron chi connectivity index (χ4n) is 8.90. The van der Waals surface area contributed by atoms with Gasteiger partial charge in [-0.25, -0.2) is 0 Å². The van der Waals surface area contributed by atoms with E-state index in [4.69, 9.17) is 0 Å². The summed E-state index contributed by atoms with van der Waals surface area (Å²) in [5.41, 5.74) is 16.3. The Morgan fingerprint density at radius 3 is 1.62 bits per heavy atom. The average Bonchev–Trinajstić information content (AvgIpc) is 3.66. The summed E-state index contributed by atoms with van der Waals surface area (Å²) in [4.78, 5) is 2.40. The lowest BCUT2D eigenvalue weighted by molar-refractivity contribution is 1.18. The fourth-order valence-corrected chi connectivity index (χ4v) is 8.90. The number of para-hydroxylation sites is 3. The van der Waals surface area contributed by atoms with Gasteiger partial charge in [-0.1, -0.05) is 188 Å². The van der Waals surface area contributed by atoms with Gasteiger partial charge in [-0.2, -0.15) is 0 Å². The topological polar surface area (TPSA) is 8.17 Å². The van der Waals surface area contributed by atoms with Gasteiger partial charge in [0.1, 0.15) is 0 Å². The van der Waals surface area contributed by atoms with Crippen molar-refractivity contribution >= 4 is 49.6 Å². The largest absolute Gasteiger partial charge is 0.310 e. The Morgan fingerprint density at radius 2 is 0.817 bits per heavy atom. The van der Waals surface area contributed by atoms with Crippen molar-refractivity contribution in [3.05, 3.63) is 243 Å². The molecule has 0 amide bonds. The highest BCUT2D eigenvalue weighted by Crippen LogP contribution is 2.44. The van der Waals surface area contributed by atoms with Crippen LogP contribution in [0.1, 0.15) is 0 Å². The summed E-state index contributed by atoms with van der Waals surface area (Å²) in [5.74, 6) is 0. The molecule has 0 atom stereocenters. The second-order valence-corrected chi connectivity index (χ2v) is 15.3. The van der Waals surface area contributed by atoms with Crippen LogP contribution in [-0.2, 0) is 0 Å². The Hall–Kier alpha value is -7.94. The zero-order chi connectivity index (χ0) is 39.8. The molecule has 0 spiro atoms. The number of hydrogen-bond acceptors (Lipinski definition) is 1. The van der Waals surface area contributed by atoms with Crippen molar-refractivity contribution in [2.24, 2.45) is 0 Å². The standard InChI is InChI=1S/C58H40N2/c1-4-16-41(17-5-1)43-28-31-45(32-29-43)51-36-34-49(39-55(51)47-33-30-42-18-10-11-21-46(42)38-47)59(48-22-8-3-9-23-48)50-35-37-54-53-25-13-15-27-57(53)60(58(54)40-50)56-26-14-12-24-52(56)44-19-6-2-7-20-44/h1-40H. The molecule has 11 rings (SSSR count). The van der Waals surface area contributed by atoms with E-state index in [9.17, 15) is 0 Å². The summed E-state index contributed by atoms with van der Waals surface area (Å²) in [6.45, 7) is 0. The Morgan fingerprint density at radius 1 is 0.267 bits per heavy atom. The Bertz CT molecular complexity index is 3290. The van der Waals surface area contributed by atoms with Crippen molar-refractivity contribution in [2.45, 2.75) is 0 Å². The molecule has 2 heteroatoms. The minimum absolute atomic E-state index is 1.08. The second kappa shape index (κ2) is 15.1. The molecule has 0 aliphatic rings. The molecule has 0 radical (unpaired) electrons. The first kappa shape index (κ1) is 35.2. The van der Waals surface area contributed by atoms with Crippen LogP contribution in [0, 0.1) is 0 Å². The number of anilines is 3. The maximum atomic E-state index is 2.45. The van der Waals surface area contributed by atoms with Crippen LogP contribution in [0.3, 0.4) is 0 Å². The smallest absolute Gasteiger partial charge is 0.0562 e. The molecular formula is C58H40N2. The molecule has 11 aromatic rings. The molecule has 0 N–H and O–H groups in total. The minimum atomic E-state index is 1.08. The number of fused-ring (bicyclic) bond motifs is 4. The molecule has 0 fully saturated rings. The molecule has 0 aliphatic carbocycles. The summed E-state index contributed by atoms with van der Waals surface area (Å²) < 4.78 is 2.45. The van der Waals surface area contributed by atoms with Crippen LogP contribution in [0.4, 0.5) is 17.1 Å². The number of benzene rings is 10. The summed E-state index contributed by atoms with van der Waals surface area (Å²) >= 11 is 0. The lowest BCUT2D eigenvalue weighted by atomic mass is 9.91. The monoisotopic (exact) mass is 764 g/mol. The van der Waals surface area contributed by atoms with E-state index in [-0.39, 0.29) is 0 Å². The van der Waals surface area contributed by atoms with Gasteiger partial charge < -0.3 is 9.47 Å². The SMILES string of the molecule is c1ccc(-c2ccc(-c3ccc(N(c4ccccc4)c4ccc5c6ccccc6n(-c6ccccc6-c6ccccc6)c5c4)cc3-c3ccc4ccccc4c3)cc2)cc1. The van der Waals surface area contributed by atoms with E-state index in [2.05, 4.69) is 252 Å². The maximum Gasteiger partial charge on any atom is 0.0562 e. The van der Waals surface area contributed by atoms with Crippen molar-refractivity contribution < 1.29 is 0 Å². The maximum absolute atomic E-state index is 2.45. The van der Waals surface area contributed by atoms with Crippen LogP contribution in [0.5, 0.6) is 0 Å². The van der Waals surface area contributed by atoms with Crippen molar-refractivity contribution in [2.75, 3.05) is 4.90 Å². The van der Waals surface area contributed by atoms with Gasteiger partial charge in [-0.3, -0.25) is 0 Å². The van der Waals surface area contributed by atoms with Gasteiger partial charge in [0.2, 0.25) is 0 Å². The second-order valence-electron chi connectivity index (χ2n) is 15.3. The Kier molecular flexibility index (Phi) is 8.87. The quantitative estimate of drug-likeness (QED) is 0.150. The van der Waals surface area contributed by atoms with Gasteiger partial charge in [-0.15, -0.1) is 0 Å². The molecule has 0 saturated carbocycles. The molecule has 282 valence electrons. The van der Waals surface area contributed by atoms with Gasteiger partial charge in [0.25, 0.3) is 0 Å². The minimum Gasteiger partial charge on any atom is -0.310 e. The highest BCUT2D eigenvalue weighted by atomic mass is 15.1. The van der Waals surface area contributed by atoms with Gasteiger partial charge in [0.05, 0.1) is 16.7 Å². The van der Waals surface area contributed by atoms with Crippen molar-refractivity contribution in [3.8, 4) is 50.2 Å². The molecule has 1 aromatic heterocycles. The van der Waals surface area contributed by atoms with E-state index >= 15 is 0 Å². The zero-order valence-electron chi connectivity index (χ0n) is 33.0. The van der Waals surface area contributed by atoms with Crippen LogP contribution >= 0.6 is 0 Å². The van der Waals surface area contributed by atoms with E-state index in [1.54, 1.807) is 0 Å². The molecule has 0 aliphatic heterocycles. The van der Waals surface area contributed by atoms with E-state index in [0.717, 1.165) is 28.3 Å². The van der Waals surface area contributed by atoms with Crippen LogP contribution in [0.2, 0.25) is 0 Å². The van der Waals surface area contributed by atoms with Gasteiger partial charge in [-0.05, 0) is 104 Å². The van der Waals surface area contributed by atoms with Crippen LogP contribution in [0.25, 0.3) is 82.8 Å². The summed E-state index contributed by atoms with van der Waals surface area (Å²) in [6, 6.07) is 88.0. The van der Waals surface area contributed by atoms with Crippen molar-refractivity contribution in [3.63, 3.8) is 0 Å². The zero-order valence-corrected chi connectivity index (χ0v) is 33.0. The van der Waals surface area contributed by atoms with Gasteiger partial charge >= 0.3 is 0 Å². The average molecular weight is 765 g/mol. The Balaban J connectivity index is 1.12. The highest BCUT2D eigenvalue weighted by molar-refractivity contribution is 6.11. The molecule has 60 heavy (non-hydrogen) atoms. The van der Waals surface area contributed by atoms with E-state index in [1.165, 1.54) is 71.6 Å². The molecule has 1 heterocycles. The van der Waals surface area contributed by atoms with Crippen molar-refractivity contribution in [1.82, 2.24) is 4.57 Å². The van der Waals surface area contributed by atoms with Crippen LogP contribution < -0.4 is 4.90 Å². The third-order valence-corrected chi connectivity index (χ3v) is 11.8. The predicted octanol–water partition coefficient (Wildman–Crippen LogP) is 16.1. The Labute approximate surface area is 350 Å². The third kappa shape index (κ3) is 6.32.